The van der Waals surface area contributed by atoms with E-state index in [4.69, 9.17) is 9.63 Å². The third-order valence-corrected chi connectivity index (χ3v) is 5.24. The van der Waals surface area contributed by atoms with Gasteiger partial charge in [-0.3, -0.25) is 14.6 Å². The summed E-state index contributed by atoms with van der Waals surface area (Å²) in [6.45, 7) is 5.98. The number of halogens is 1. The van der Waals surface area contributed by atoms with Crippen molar-refractivity contribution in [2.24, 2.45) is 0 Å². The van der Waals surface area contributed by atoms with E-state index >= 15 is 0 Å². The second kappa shape index (κ2) is 9.30. The van der Waals surface area contributed by atoms with E-state index in [2.05, 4.69) is 22.0 Å². The third kappa shape index (κ3) is 5.06. The first kappa shape index (κ1) is 21.3. The van der Waals surface area contributed by atoms with Crippen molar-refractivity contribution in [3.8, 4) is 11.4 Å². The van der Waals surface area contributed by atoms with Gasteiger partial charge in [0.2, 0.25) is 11.7 Å². The highest BCUT2D eigenvalue weighted by molar-refractivity contribution is 5.85. The van der Waals surface area contributed by atoms with Gasteiger partial charge in [-0.05, 0) is 39.3 Å². The highest BCUT2D eigenvalue weighted by Crippen LogP contribution is 2.27. The first-order chi connectivity index (χ1) is 12.5. The van der Waals surface area contributed by atoms with Gasteiger partial charge in [-0.15, -0.1) is 12.4 Å². The molecule has 148 valence electrons. The van der Waals surface area contributed by atoms with Crippen molar-refractivity contribution in [3.05, 3.63) is 35.7 Å². The highest BCUT2D eigenvalue weighted by atomic mass is 35.5. The molecule has 0 radical (unpaired) electrons. The molecule has 2 aromatic rings. The number of hydrogen-bond acceptors (Lipinski definition) is 6. The van der Waals surface area contributed by atoms with Gasteiger partial charge in [0, 0.05) is 24.7 Å². The average Bonchev–Trinajstić information content (AvgIpc) is 3.11. The van der Waals surface area contributed by atoms with Crippen molar-refractivity contribution < 1.29 is 14.4 Å². The van der Waals surface area contributed by atoms with Crippen molar-refractivity contribution in [3.63, 3.8) is 0 Å². The van der Waals surface area contributed by atoms with E-state index < -0.39 is 5.97 Å². The van der Waals surface area contributed by atoms with Gasteiger partial charge < -0.3 is 9.63 Å². The average molecular weight is 395 g/mol. The topological polar surface area (TPSA) is 82.7 Å². The van der Waals surface area contributed by atoms with Gasteiger partial charge in [0.05, 0.1) is 12.6 Å². The Morgan fingerprint density at radius 2 is 2.04 bits per heavy atom. The molecule has 1 fully saturated rings. The monoisotopic (exact) mass is 394 g/mol. The molecular formula is C19H27ClN4O3. The van der Waals surface area contributed by atoms with Gasteiger partial charge >= 0.3 is 5.97 Å². The van der Waals surface area contributed by atoms with E-state index in [1.165, 1.54) is 0 Å². The molecule has 1 saturated heterocycles. The SMILES string of the molecule is Cc1ccccc1-c1noc(C(C)N2CCC(N(C)CC(=O)O)CC2)n1.Cl. The molecular weight excluding hydrogens is 368 g/mol. The minimum atomic E-state index is -0.780. The number of aliphatic carboxylic acids is 1. The Bertz CT molecular complexity index is 759. The lowest BCUT2D eigenvalue weighted by atomic mass is 10.0. The van der Waals surface area contributed by atoms with Crippen LogP contribution in [0, 0.1) is 6.92 Å². The van der Waals surface area contributed by atoms with Crippen molar-refractivity contribution >= 4 is 18.4 Å². The van der Waals surface area contributed by atoms with Gasteiger partial charge in [-0.1, -0.05) is 29.4 Å². The van der Waals surface area contributed by atoms with E-state index in [9.17, 15) is 4.79 Å². The number of piperidine rings is 1. The molecule has 8 heteroatoms. The van der Waals surface area contributed by atoms with Crippen LogP contribution in [-0.2, 0) is 4.79 Å². The molecule has 1 aromatic heterocycles. The molecule has 3 rings (SSSR count). The molecule has 27 heavy (non-hydrogen) atoms. The van der Waals surface area contributed by atoms with E-state index in [1.54, 1.807) is 0 Å². The van der Waals surface area contributed by atoms with Crippen molar-refractivity contribution in [1.82, 2.24) is 19.9 Å². The summed E-state index contributed by atoms with van der Waals surface area (Å²) in [5.41, 5.74) is 2.11. The molecule has 0 bridgehead atoms. The van der Waals surface area contributed by atoms with Crippen molar-refractivity contribution in [1.29, 1.82) is 0 Å². The first-order valence-electron chi connectivity index (χ1n) is 9.01. The fraction of sp³-hybridized carbons (Fsp3) is 0.526. The lowest BCUT2D eigenvalue weighted by molar-refractivity contribution is -0.138. The number of carboxylic acid groups (broad SMARTS) is 1. The molecule has 7 nitrogen and oxygen atoms in total. The molecule has 1 N–H and O–H groups in total. The normalized spacial score (nSPS) is 16.9. The van der Waals surface area contributed by atoms with E-state index in [1.807, 2.05) is 43.1 Å². The molecule has 1 unspecified atom stereocenters. The number of aromatic nitrogens is 2. The van der Waals surface area contributed by atoms with E-state index in [0.717, 1.165) is 37.1 Å². The number of nitrogens with zero attached hydrogens (tertiary/aromatic N) is 4. The summed E-state index contributed by atoms with van der Waals surface area (Å²) in [6.07, 6.45) is 1.87. The molecule has 0 aliphatic carbocycles. The molecule has 2 heterocycles. The minimum absolute atomic E-state index is 0. The van der Waals surface area contributed by atoms with E-state index in [0.29, 0.717) is 17.8 Å². The van der Waals surface area contributed by atoms with E-state index in [-0.39, 0.29) is 25.0 Å². The van der Waals surface area contributed by atoms with Gasteiger partial charge in [-0.25, -0.2) is 0 Å². The summed E-state index contributed by atoms with van der Waals surface area (Å²) in [5.74, 6) is 0.472. The summed E-state index contributed by atoms with van der Waals surface area (Å²) in [5, 5.41) is 13.1. The molecule has 1 atom stereocenters. The molecule has 1 aromatic carbocycles. The number of likely N-dealkylation sites (N-methyl/N-ethyl adjacent to an activating group) is 1. The second-order valence-corrected chi connectivity index (χ2v) is 7.02. The zero-order valence-corrected chi connectivity index (χ0v) is 16.8. The van der Waals surface area contributed by atoms with Gasteiger partial charge in [0.15, 0.2) is 0 Å². The molecule has 1 aliphatic rings. The van der Waals surface area contributed by atoms with Gasteiger partial charge in [-0.2, -0.15) is 4.98 Å². The quantitative estimate of drug-likeness (QED) is 0.806. The zero-order valence-electron chi connectivity index (χ0n) is 16.0. The standard InChI is InChI=1S/C19H26N4O3.ClH/c1-13-6-4-5-7-16(13)18-20-19(26-21-18)14(2)23-10-8-15(9-11-23)22(3)12-17(24)25;/h4-7,14-15H,8-12H2,1-3H3,(H,24,25);1H. The van der Waals surface area contributed by atoms with Crippen LogP contribution in [0.5, 0.6) is 0 Å². The number of carboxylic acids is 1. The maximum atomic E-state index is 10.9. The lowest BCUT2D eigenvalue weighted by Gasteiger charge is -2.37. The smallest absolute Gasteiger partial charge is 0.317 e. The summed E-state index contributed by atoms with van der Waals surface area (Å²) in [7, 11) is 1.88. The Hall–Kier alpha value is -1.96. The fourth-order valence-corrected chi connectivity index (χ4v) is 3.55. The highest BCUT2D eigenvalue weighted by Gasteiger charge is 2.29. The van der Waals surface area contributed by atoms with Crippen LogP contribution in [0.15, 0.2) is 28.8 Å². The van der Waals surface area contributed by atoms with Gasteiger partial charge in [0.1, 0.15) is 0 Å². The Morgan fingerprint density at radius 3 is 2.67 bits per heavy atom. The number of hydrogen-bond donors (Lipinski definition) is 1. The largest absolute Gasteiger partial charge is 0.480 e. The zero-order chi connectivity index (χ0) is 18.7. The van der Waals surface area contributed by atoms with Crippen LogP contribution in [0.4, 0.5) is 0 Å². The summed E-state index contributed by atoms with van der Waals surface area (Å²) in [6, 6.07) is 8.35. The van der Waals surface area contributed by atoms with Crippen molar-refractivity contribution in [2.45, 2.75) is 38.8 Å². The van der Waals surface area contributed by atoms with Crippen LogP contribution >= 0.6 is 12.4 Å². The van der Waals surface area contributed by atoms with Crippen LogP contribution in [0.25, 0.3) is 11.4 Å². The molecule has 0 saturated carbocycles. The summed E-state index contributed by atoms with van der Waals surface area (Å²) in [4.78, 5) is 19.7. The number of likely N-dealkylation sites (tertiary alicyclic amines) is 1. The number of benzene rings is 1. The Morgan fingerprint density at radius 1 is 1.37 bits per heavy atom. The Balaban J connectivity index is 0.00000261. The van der Waals surface area contributed by atoms with Crippen LogP contribution < -0.4 is 0 Å². The summed E-state index contributed by atoms with van der Waals surface area (Å²) < 4.78 is 5.53. The maximum absolute atomic E-state index is 10.9. The molecule has 1 aliphatic heterocycles. The van der Waals surface area contributed by atoms with Crippen LogP contribution in [-0.4, -0.2) is 63.7 Å². The first-order valence-corrected chi connectivity index (χ1v) is 9.01. The van der Waals surface area contributed by atoms with Gasteiger partial charge in [0.25, 0.3) is 0 Å². The van der Waals surface area contributed by atoms with Crippen LogP contribution in [0.3, 0.4) is 0 Å². The number of rotatable bonds is 6. The lowest BCUT2D eigenvalue weighted by Crippen LogP contribution is -2.45. The van der Waals surface area contributed by atoms with Crippen LogP contribution in [0.2, 0.25) is 0 Å². The predicted molar refractivity (Wildman–Crippen MR) is 105 cm³/mol. The second-order valence-electron chi connectivity index (χ2n) is 7.02. The minimum Gasteiger partial charge on any atom is -0.480 e. The molecule has 0 spiro atoms. The number of carbonyl (C=O) groups is 1. The maximum Gasteiger partial charge on any atom is 0.317 e. The third-order valence-electron chi connectivity index (χ3n) is 5.24. The Labute approximate surface area is 165 Å². The van der Waals surface area contributed by atoms with Crippen molar-refractivity contribution in [2.75, 3.05) is 26.7 Å². The fourth-order valence-electron chi connectivity index (χ4n) is 3.55. The predicted octanol–water partition coefficient (Wildman–Crippen LogP) is 3.01. The number of aryl methyl sites for hydroxylation is 1. The molecule has 0 amide bonds. The Kier molecular flexibility index (Phi) is 7.35. The summed E-state index contributed by atoms with van der Waals surface area (Å²) >= 11 is 0. The van der Waals surface area contributed by atoms with Crippen LogP contribution in [0.1, 0.15) is 37.3 Å².